The van der Waals surface area contributed by atoms with E-state index < -0.39 is 0 Å². The molecule has 0 saturated heterocycles. The van der Waals surface area contributed by atoms with Gasteiger partial charge in [-0.1, -0.05) is 0 Å². The van der Waals surface area contributed by atoms with Crippen molar-refractivity contribution in [2.75, 3.05) is 13.7 Å². The molecule has 3 nitrogen and oxygen atoms in total. The van der Waals surface area contributed by atoms with E-state index in [1.54, 1.807) is 0 Å². The number of hydrogen-bond acceptors (Lipinski definition) is 3. The molecule has 1 N–H and O–H groups in total. The second kappa shape index (κ2) is 4.62. The Morgan fingerprint density at radius 1 is 1.47 bits per heavy atom. The average molecular weight is 206 g/mol. The molecule has 1 fully saturated rings. The van der Waals surface area contributed by atoms with Crippen LogP contribution in [0.3, 0.4) is 0 Å². The number of aryl methyl sites for hydroxylation is 1. The van der Waals surface area contributed by atoms with Crippen molar-refractivity contribution < 1.29 is 4.74 Å². The van der Waals surface area contributed by atoms with Gasteiger partial charge in [0.2, 0.25) is 5.88 Å². The lowest BCUT2D eigenvalue weighted by atomic mass is 10.2. The molecule has 1 heterocycles. The van der Waals surface area contributed by atoms with E-state index in [1.807, 2.05) is 20.0 Å². The summed E-state index contributed by atoms with van der Waals surface area (Å²) in [6.07, 6.45) is 2.63. The molecule has 1 aliphatic rings. The zero-order valence-electron chi connectivity index (χ0n) is 9.42. The van der Waals surface area contributed by atoms with Crippen LogP contribution in [0, 0.1) is 12.8 Å². The quantitative estimate of drug-likeness (QED) is 0.799. The lowest BCUT2D eigenvalue weighted by Crippen LogP contribution is -2.07. The van der Waals surface area contributed by atoms with E-state index in [2.05, 4.69) is 16.4 Å². The summed E-state index contributed by atoms with van der Waals surface area (Å²) in [5.74, 6) is 1.55. The number of hydrogen-bond donors (Lipinski definition) is 1. The minimum Gasteiger partial charge on any atom is -0.477 e. The van der Waals surface area contributed by atoms with Gasteiger partial charge in [0.1, 0.15) is 0 Å². The van der Waals surface area contributed by atoms with Crippen molar-refractivity contribution in [3.05, 3.63) is 23.4 Å². The molecular weight excluding hydrogens is 188 g/mol. The van der Waals surface area contributed by atoms with Crippen LogP contribution in [0.1, 0.15) is 24.1 Å². The lowest BCUT2D eigenvalue weighted by Gasteiger charge is -2.07. The number of nitrogens with zero attached hydrogens (tertiary/aromatic N) is 1. The van der Waals surface area contributed by atoms with Gasteiger partial charge >= 0.3 is 0 Å². The van der Waals surface area contributed by atoms with Crippen LogP contribution in [0.25, 0.3) is 0 Å². The molecule has 0 aliphatic heterocycles. The van der Waals surface area contributed by atoms with Gasteiger partial charge in [-0.25, -0.2) is 4.98 Å². The maximum Gasteiger partial charge on any atom is 0.213 e. The Morgan fingerprint density at radius 3 is 2.93 bits per heavy atom. The fraction of sp³-hybridized carbons (Fsp3) is 0.583. The van der Waals surface area contributed by atoms with Crippen molar-refractivity contribution in [1.82, 2.24) is 10.3 Å². The van der Waals surface area contributed by atoms with Gasteiger partial charge in [0, 0.05) is 18.3 Å². The molecule has 0 spiro atoms. The van der Waals surface area contributed by atoms with Gasteiger partial charge in [0.15, 0.2) is 0 Å². The van der Waals surface area contributed by atoms with Gasteiger partial charge in [0.25, 0.3) is 0 Å². The van der Waals surface area contributed by atoms with E-state index in [0.717, 1.165) is 30.6 Å². The Morgan fingerprint density at radius 2 is 2.27 bits per heavy atom. The Labute approximate surface area is 90.9 Å². The summed E-state index contributed by atoms with van der Waals surface area (Å²) in [5.41, 5.74) is 2.25. The molecule has 0 aromatic carbocycles. The van der Waals surface area contributed by atoms with E-state index in [0.29, 0.717) is 0 Å². The number of aromatic nitrogens is 1. The Bertz CT molecular complexity index is 334. The van der Waals surface area contributed by atoms with Gasteiger partial charge < -0.3 is 10.1 Å². The number of ether oxygens (including phenoxy) is 1. The molecule has 15 heavy (non-hydrogen) atoms. The second-order valence-electron chi connectivity index (χ2n) is 4.24. The molecule has 3 heteroatoms. The van der Waals surface area contributed by atoms with E-state index in [4.69, 9.17) is 4.74 Å². The second-order valence-corrected chi connectivity index (χ2v) is 4.24. The van der Waals surface area contributed by atoms with Crippen molar-refractivity contribution in [3.8, 4) is 5.88 Å². The zero-order valence-corrected chi connectivity index (χ0v) is 9.42. The molecule has 0 amide bonds. The fourth-order valence-corrected chi connectivity index (χ4v) is 1.57. The van der Waals surface area contributed by atoms with Crippen LogP contribution >= 0.6 is 0 Å². The molecule has 1 aromatic rings. The molecule has 82 valence electrons. The number of nitrogens with one attached hydrogen (secondary N) is 1. The smallest absolute Gasteiger partial charge is 0.213 e. The third-order valence-electron chi connectivity index (χ3n) is 2.53. The summed E-state index contributed by atoms with van der Waals surface area (Å²) in [5, 5.41) is 3.13. The summed E-state index contributed by atoms with van der Waals surface area (Å²) in [6, 6.07) is 4.10. The summed E-state index contributed by atoms with van der Waals surface area (Å²) in [7, 11) is 1.94. The zero-order chi connectivity index (χ0) is 10.7. The molecule has 0 radical (unpaired) electrons. The van der Waals surface area contributed by atoms with Gasteiger partial charge in [-0.3, -0.25) is 0 Å². The van der Waals surface area contributed by atoms with Crippen molar-refractivity contribution >= 4 is 0 Å². The molecule has 1 aromatic heterocycles. The van der Waals surface area contributed by atoms with Crippen molar-refractivity contribution in [1.29, 1.82) is 0 Å². The molecule has 0 bridgehead atoms. The minimum atomic E-state index is 0.771. The third kappa shape index (κ3) is 3.20. The highest BCUT2D eigenvalue weighted by molar-refractivity contribution is 5.24. The monoisotopic (exact) mass is 206 g/mol. The first kappa shape index (κ1) is 10.4. The van der Waals surface area contributed by atoms with Crippen LogP contribution in [0.15, 0.2) is 12.1 Å². The average Bonchev–Trinajstić information content (AvgIpc) is 2.98. The first-order chi connectivity index (χ1) is 7.28. The summed E-state index contributed by atoms with van der Waals surface area (Å²) < 4.78 is 5.66. The predicted molar refractivity (Wildman–Crippen MR) is 60.0 cm³/mol. The summed E-state index contributed by atoms with van der Waals surface area (Å²) in [6.45, 7) is 3.70. The number of rotatable bonds is 5. The normalized spacial score (nSPS) is 15.3. The molecule has 1 saturated carbocycles. The van der Waals surface area contributed by atoms with Crippen LogP contribution < -0.4 is 10.1 Å². The van der Waals surface area contributed by atoms with E-state index >= 15 is 0 Å². The highest BCUT2D eigenvalue weighted by Gasteiger charge is 2.22. The largest absolute Gasteiger partial charge is 0.477 e. The first-order valence-corrected chi connectivity index (χ1v) is 5.53. The lowest BCUT2D eigenvalue weighted by molar-refractivity contribution is 0.287. The Hall–Kier alpha value is -1.09. The molecule has 0 atom stereocenters. The van der Waals surface area contributed by atoms with Crippen molar-refractivity contribution in [3.63, 3.8) is 0 Å². The van der Waals surface area contributed by atoms with Crippen molar-refractivity contribution in [2.45, 2.75) is 26.3 Å². The standard InChI is InChI=1S/C12H18N2O/c1-9-5-11(7-13-2)6-12(14-9)15-8-10-3-4-10/h5-6,10,13H,3-4,7-8H2,1-2H3. The highest BCUT2D eigenvalue weighted by Crippen LogP contribution is 2.29. The molecule has 2 rings (SSSR count). The predicted octanol–water partition coefficient (Wildman–Crippen LogP) is 1.90. The van der Waals surface area contributed by atoms with Gasteiger partial charge in [0.05, 0.1) is 6.61 Å². The van der Waals surface area contributed by atoms with E-state index in [9.17, 15) is 0 Å². The molecular formula is C12H18N2O. The molecule has 0 unspecified atom stereocenters. The van der Waals surface area contributed by atoms with E-state index in [1.165, 1.54) is 18.4 Å². The Balaban J connectivity index is 2.00. The van der Waals surface area contributed by atoms with Crippen LogP contribution in [0.4, 0.5) is 0 Å². The third-order valence-corrected chi connectivity index (χ3v) is 2.53. The van der Waals surface area contributed by atoms with Crippen LogP contribution in [0.2, 0.25) is 0 Å². The molecule has 1 aliphatic carbocycles. The fourth-order valence-electron chi connectivity index (χ4n) is 1.57. The number of pyridine rings is 1. The Kier molecular flexibility index (Phi) is 3.21. The van der Waals surface area contributed by atoms with Gasteiger partial charge in [-0.2, -0.15) is 0 Å². The highest BCUT2D eigenvalue weighted by atomic mass is 16.5. The van der Waals surface area contributed by atoms with E-state index in [-0.39, 0.29) is 0 Å². The topological polar surface area (TPSA) is 34.2 Å². The van der Waals surface area contributed by atoms with Crippen molar-refractivity contribution in [2.24, 2.45) is 5.92 Å². The SMILES string of the molecule is CNCc1cc(C)nc(OCC2CC2)c1. The summed E-state index contributed by atoms with van der Waals surface area (Å²) >= 11 is 0. The van der Waals surface area contributed by atoms with Gasteiger partial charge in [-0.05, 0) is 44.4 Å². The van der Waals surface area contributed by atoms with Crippen LogP contribution in [-0.4, -0.2) is 18.6 Å². The first-order valence-electron chi connectivity index (χ1n) is 5.53. The minimum absolute atomic E-state index is 0.771. The maximum atomic E-state index is 5.66. The van der Waals surface area contributed by atoms with Gasteiger partial charge in [-0.15, -0.1) is 0 Å². The summed E-state index contributed by atoms with van der Waals surface area (Å²) in [4.78, 5) is 4.37. The maximum absolute atomic E-state index is 5.66. The van der Waals surface area contributed by atoms with Crippen LogP contribution in [-0.2, 0) is 6.54 Å². The van der Waals surface area contributed by atoms with Crippen LogP contribution in [0.5, 0.6) is 5.88 Å².